The van der Waals surface area contributed by atoms with Gasteiger partial charge in [-0.1, -0.05) is 25.1 Å². The number of thiazole rings is 1. The van der Waals surface area contributed by atoms with Gasteiger partial charge in [-0.05, 0) is 19.0 Å². The van der Waals surface area contributed by atoms with E-state index in [-0.39, 0.29) is 0 Å². The zero-order chi connectivity index (χ0) is 13.1. The minimum absolute atomic E-state index is 0.394. The van der Waals surface area contributed by atoms with Gasteiger partial charge in [-0.3, -0.25) is 0 Å². The van der Waals surface area contributed by atoms with Gasteiger partial charge in [-0.25, -0.2) is 4.98 Å². The molecule has 0 fully saturated rings. The minimum atomic E-state index is 0.394. The second-order valence-corrected chi connectivity index (χ2v) is 5.57. The van der Waals surface area contributed by atoms with E-state index in [2.05, 4.69) is 35.8 Å². The summed E-state index contributed by atoms with van der Waals surface area (Å²) in [6.07, 6.45) is 1.02. The first-order valence-electron chi connectivity index (χ1n) is 6.75. The number of hydrogen-bond donors (Lipinski definition) is 1. The molecule has 0 saturated carbocycles. The molecule has 1 N–H and O–H groups in total. The predicted molar refractivity (Wildman–Crippen MR) is 77.9 cm³/mol. The van der Waals surface area contributed by atoms with Crippen molar-refractivity contribution in [2.45, 2.75) is 25.8 Å². The summed E-state index contributed by atoms with van der Waals surface area (Å²) in [6.45, 7) is 4.73. The predicted octanol–water partition coefficient (Wildman–Crippen LogP) is 3.17. The Morgan fingerprint density at radius 3 is 3.21 bits per heavy atom. The number of rotatable bonds is 4. The van der Waals surface area contributed by atoms with Gasteiger partial charge in [-0.15, -0.1) is 11.3 Å². The Bertz CT molecular complexity index is 553. The van der Waals surface area contributed by atoms with Gasteiger partial charge in [0.15, 0.2) is 0 Å². The summed E-state index contributed by atoms with van der Waals surface area (Å²) in [4.78, 5) is 4.77. The van der Waals surface area contributed by atoms with Crippen molar-refractivity contribution in [2.75, 3.05) is 13.2 Å². The lowest BCUT2D eigenvalue weighted by Gasteiger charge is -2.24. The molecule has 3 rings (SSSR count). The molecule has 1 atom stereocenters. The Balaban J connectivity index is 1.85. The van der Waals surface area contributed by atoms with Crippen LogP contribution in [0, 0.1) is 0 Å². The van der Waals surface area contributed by atoms with Crippen LogP contribution in [-0.2, 0) is 6.54 Å². The quantitative estimate of drug-likeness (QED) is 0.930. The SMILES string of the molecule is CCNCc1csc(C2CCOc3ccccc32)n1. The van der Waals surface area contributed by atoms with Crippen LogP contribution in [0.25, 0.3) is 0 Å². The number of fused-ring (bicyclic) bond motifs is 1. The van der Waals surface area contributed by atoms with E-state index < -0.39 is 0 Å². The topological polar surface area (TPSA) is 34.1 Å². The molecule has 0 aliphatic carbocycles. The first-order valence-corrected chi connectivity index (χ1v) is 7.63. The molecule has 1 aliphatic rings. The van der Waals surface area contributed by atoms with Crippen LogP contribution in [0.15, 0.2) is 29.6 Å². The van der Waals surface area contributed by atoms with E-state index in [1.807, 2.05) is 6.07 Å². The van der Waals surface area contributed by atoms with E-state index in [4.69, 9.17) is 9.72 Å². The Morgan fingerprint density at radius 1 is 1.42 bits per heavy atom. The maximum atomic E-state index is 5.71. The Kier molecular flexibility index (Phi) is 3.80. The van der Waals surface area contributed by atoms with Crippen molar-refractivity contribution in [1.82, 2.24) is 10.3 Å². The lowest BCUT2D eigenvalue weighted by atomic mass is 9.94. The largest absolute Gasteiger partial charge is 0.493 e. The number of benzene rings is 1. The highest BCUT2D eigenvalue weighted by atomic mass is 32.1. The Hall–Kier alpha value is -1.39. The lowest BCUT2D eigenvalue weighted by molar-refractivity contribution is 0.277. The highest BCUT2D eigenvalue weighted by Crippen LogP contribution is 2.38. The lowest BCUT2D eigenvalue weighted by Crippen LogP contribution is -2.15. The molecule has 100 valence electrons. The molecule has 19 heavy (non-hydrogen) atoms. The van der Waals surface area contributed by atoms with Crippen molar-refractivity contribution in [3.63, 3.8) is 0 Å². The van der Waals surface area contributed by atoms with Crippen molar-refractivity contribution < 1.29 is 4.74 Å². The average molecular weight is 274 g/mol. The third-order valence-corrected chi connectivity index (χ3v) is 4.39. The van der Waals surface area contributed by atoms with E-state index in [1.165, 1.54) is 10.6 Å². The maximum absolute atomic E-state index is 5.71. The number of ether oxygens (including phenoxy) is 1. The van der Waals surface area contributed by atoms with E-state index in [0.717, 1.165) is 37.6 Å². The van der Waals surface area contributed by atoms with Gasteiger partial charge in [0.1, 0.15) is 10.8 Å². The van der Waals surface area contributed by atoms with Gasteiger partial charge in [0.05, 0.1) is 12.3 Å². The fourth-order valence-corrected chi connectivity index (χ4v) is 3.39. The first-order chi connectivity index (χ1) is 9.38. The Labute approximate surface area is 117 Å². The number of para-hydroxylation sites is 1. The van der Waals surface area contributed by atoms with Crippen LogP contribution in [0.3, 0.4) is 0 Å². The molecule has 0 bridgehead atoms. The van der Waals surface area contributed by atoms with Gasteiger partial charge < -0.3 is 10.1 Å². The normalized spacial score (nSPS) is 17.8. The molecule has 0 spiro atoms. The standard InChI is InChI=1S/C15H18N2OS/c1-2-16-9-11-10-19-15(17-11)13-7-8-18-14-6-4-3-5-12(13)14/h3-6,10,13,16H,2,7-9H2,1H3. The summed E-state index contributed by atoms with van der Waals surface area (Å²) in [5, 5.41) is 6.69. The molecule has 1 aliphatic heterocycles. The number of hydrogen-bond acceptors (Lipinski definition) is 4. The molecule has 0 amide bonds. The zero-order valence-electron chi connectivity index (χ0n) is 11.1. The van der Waals surface area contributed by atoms with Gasteiger partial charge in [0.25, 0.3) is 0 Å². The molecule has 3 nitrogen and oxygen atoms in total. The molecule has 0 radical (unpaired) electrons. The van der Waals surface area contributed by atoms with Crippen LogP contribution >= 0.6 is 11.3 Å². The summed E-state index contributed by atoms with van der Waals surface area (Å²) in [6, 6.07) is 8.31. The van der Waals surface area contributed by atoms with Gasteiger partial charge in [0, 0.05) is 23.4 Å². The molecule has 2 heterocycles. The molecule has 4 heteroatoms. The van der Waals surface area contributed by atoms with Crippen molar-refractivity contribution in [1.29, 1.82) is 0 Å². The van der Waals surface area contributed by atoms with E-state index in [1.54, 1.807) is 11.3 Å². The summed E-state index contributed by atoms with van der Waals surface area (Å²) >= 11 is 1.76. The fraction of sp³-hybridized carbons (Fsp3) is 0.400. The van der Waals surface area contributed by atoms with Crippen LogP contribution in [-0.4, -0.2) is 18.1 Å². The highest BCUT2D eigenvalue weighted by molar-refractivity contribution is 7.09. The van der Waals surface area contributed by atoms with Crippen LogP contribution < -0.4 is 10.1 Å². The number of aromatic nitrogens is 1. The number of nitrogens with zero attached hydrogens (tertiary/aromatic N) is 1. The van der Waals surface area contributed by atoms with Crippen molar-refractivity contribution in [2.24, 2.45) is 0 Å². The first kappa shape index (κ1) is 12.6. The maximum Gasteiger partial charge on any atom is 0.123 e. The summed E-state index contributed by atoms with van der Waals surface area (Å²) < 4.78 is 5.71. The van der Waals surface area contributed by atoms with Crippen LogP contribution in [0.4, 0.5) is 0 Å². The summed E-state index contributed by atoms with van der Waals surface area (Å²) in [5.74, 6) is 1.41. The molecule has 1 aromatic carbocycles. The van der Waals surface area contributed by atoms with Crippen molar-refractivity contribution in [3.8, 4) is 5.75 Å². The van der Waals surface area contributed by atoms with Crippen molar-refractivity contribution in [3.05, 3.63) is 45.9 Å². The van der Waals surface area contributed by atoms with Gasteiger partial charge >= 0.3 is 0 Å². The molecule has 2 aromatic rings. The molecule has 1 aromatic heterocycles. The number of nitrogens with one attached hydrogen (secondary N) is 1. The zero-order valence-corrected chi connectivity index (χ0v) is 11.9. The highest BCUT2D eigenvalue weighted by Gasteiger charge is 2.24. The monoisotopic (exact) mass is 274 g/mol. The van der Waals surface area contributed by atoms with Crippen LogP contribution in [0.5, 0.6) is 5.75 Å². The molecular weight excluding hydrogens is 256 g/mol. The summed E-state index contributed by atoms with van der Waals surface area (Å²) in [7, 11) is 0. The van der Waals surface area contributed by atoms with E-state index >= 15 is 0 Å². The van der Waals surface area contributed by atoms with Crippen LogP contribution in [0.1, 0.15) is 35.5 Å². The third-order valence-electron chi connectivity index (χ3n) is 3.38. The van der Waals surface area contributed by atoms with Crippen molar-refractivity contribution >= 4 is 11.3 Å². The van der Waals surface area contributed by atoms with Crippen LogP contribution in [0.2, 0.25) is 0 Å². The average Bonchev–Trinajstić information content (AvgIpc) is 2.93. The Morgan fingerprint density at radius 2 is 2.32 bits per heavy atom. The second kappa shape index (κ2) is 5.72. The smallest absolute Gasteiger partial charge is 0.123 e. The second-order valence-electron chi connectivity index (χ2n) is 4.68. The molecule has 1 unspecified atom stereocenters. The molecule has 0 saturated heterocycles. The van der Waals surface area contributed by atoms with Gasteiger partial charge in [-0.2, -0.15) is 0 Å². The minimum Gasteiger partial charge on any atom is -0.493 e. The van der Waals surface area contributed by atoms with E-state index in [0.29, 0.717) is 5.92 Å². The van der Waals surface area contributed by atoms with E-state index in [9.17, 15) is 0 Å². The molecular formula is C15H18N2OS. The van der Waals surface area contributed by atoms with Gasteiger partial charge in [0.2, 0.25) is 0 Å². The summed E-state index contributed by atoms with van der Waals surface area (Å²) in [5.41, 5.74) is 2.42. The third kappa shape index (κ3) is 2.65. The fourth-order valence-electron chi connectivity index (χ4n) is 2.42.